The summed E-state index contributed by atoms with van der Waals surface area (Å²) in [4.78, 5) is 20.8. The first-order valence-corrected chi connectivity index (χ1v) is 3.84. The maximum absolute atomic E-state index is 10.4. The number of aldehydes is 2. The lowest BCUT2D eigenvalue weighted by Gasteiger charge is -2.00. The topological polar surface area (TPSA) is 34.1 Å². The van der Waals surface area contributed by atoms with E-state index in [0.717, 1.165) is 0 Å². The van der Waals surface area contributed by atoms with Crippen LogP contribution < -0.4 is 0 Å². The van der Waals surface area contributed by atoms with Gasteiger partial charge in [-0.15, -0.1) is 0 Å². The summed E-state index contributed by atoms with van der Waals surface area (Å²) in [5.74, 6) is 0. The molecule has 0 unspecified atom stereocenters. The van der Waals surface area contributed by atoms with E-state index in [1.165, 1.54) is 12.1 Å². The second-order valence-electron chi connectivity index (χ2n) is 2.10. The van der Waals surface area contributed by atoms with Gasteiger partial charge in [-0.1, -0.05) is 23.2 Å². The first-order chi connectivity index (χ1) is 5.70. The third-order valence-corrected chi connectivity index (χ3v) is 2.15. The largest absolute Gasteiger partial charge is 0.298 e. The van der Waals surface area contributed by atoms with E-state index in [0.29, 0.717) is 12.6 Å². The van der Waals surface area contributed by atoms with Crippen molar-refractivity contribution in [3.8, 4) is 0 Å². The summed E-state index contributed by atoms with van der Waals surface area (Å²) < 4.78 is 0. The van der Waals surface area contributed by atoms with Gasteiger partial charge < -0.3 is 0 Å². The zero-order valence-electron chi connectivity index (χ0n) is 5.88. The van der Waals surface area contributed by atoms with Crippen molar-refractivity contribution in [3.05, 3.63) is 33.3 Å². The lowest BCUT2D eigenvalue weighted by molar-refractivity contribution is 0.112. The molecule has 0 aliphatic heterocycles. The van der Waals surface area contributed by atoms with Gasteiger partial charge in [0.15, 0.2) is 12.6 Å². The molecule has 0 fully saturated rings. The van der Waals surface area contributed by atoms with E-state index in [1.807, 2.05) is 0 Å². The van der Waals surface area contributed by atoms with E-state index in [9.17, 15) is 9.59 Å². The third-order valence-electron chi connectivity index (χ3n) is 1.40. The van der Waals surface area contributed by atoms with Crippen LogP contribution in [0.4, 0.5) is 0 Å². The Bertz CT molecular complexity index is 334. The molecule has 1 aromatic carbocycles. The van der Waals surface area contributed by atoms with Crippen LogP contribution in [0.5, 0.6) is 0 Å². The van der Waals surface area contributed by atoms with E-state index in [4.69, 9.17) is 23.2 Å². The molecule has 4 heteroatoms. The van der Waals surface area contributed by atoms with Crippen LogP contribution in [-0.4, -0.2) is 12.6 Å². The highest BCUT2D eigenvalue weighted by Crippen LogP contribution is 2.25. The first-order valence-electron chi connectivity index (χ1n) is 3.09. The molecular formula is C8H4Cl2O2. The fraction of sp³-hybridized carbons (Fsp3) is 0. The average molecular weight is 203 g/mol. The molecule has 0 heterocycles. The maximum atomic E-state index is 10.4. The number of carbonyl (C=O) groups excluding carboxylic acids is 2. The quantitative estimate of drug-likeness (QED) is 0.692. The van der Waals surface area contributed by atoms with Crippen molar-refractivity contribution >= 4 is 35.8 Å². The Balaban J connectivity index is 3.43. The Kier molecular flexibility index (Phi) is 2.84. The van der Waals surface area contributed by atoms with Crippen molar-refractivity contribution < 1.29 is 9.59 Å². The van der Waals surface area contributed by atoms with Gasteiger partial charge in [0.05, 0.1) is 15.6 Å². The molecule has 1 rings (SSSR count). The number of halogens is 2. The molecule has 0 radical (unpaired) electrons. The minimum atomic E-state index is 0.104. The molecule has 0 aromatic heterocycles. The smallest absolute Gasteiger partial charge is 0.153 e. The summed E-state index contributed by atoms with van der Waals surface area (Å²) in [6, 6.07) is 2.92. The van der Waals surface area contributed by atoms with Crippen LogP contribution in [0.15, 0.2) is 12.1 Å². The van der Waals surface area contributed by atoms with E-state index < -0.39 is 0 Å². The molecule has 0 amide bonds. The molecule has 1 aromatic rings. The lowest BCUT2D eigenvalue weighted by Crippen LogP contribution is -1.89. The standard InChI is InChI=1S/C8H4Cl2O2/c9-7-2-1-5(3-11)8(10)6(7)4-12/h1-4H. The van der Waals surface area contributed by atoms with Gasteiger partial charge in [-0.05, 0) is 12.1 Å². The molecule has 0 bridgehead atoms. The normalized spacial score (nSPS) is 9.50. The van der Waals surface area contributed by atoms with Crippen LogP contribution in [0.3, 0.4) is 0 Å². The van der Waals surface area contributed by atoms with Gasteiger partial charge >= 0.3 is 0 Å². The van der Waals surface area contributed by atoms with Gasteiger partial charge in [0, 0.05) is 5.56 Å². The van der Waals surface area contributed by atoms with Crippen molar-refractivity contribution in [3.63, 3.8) is 0 Å². The second kappa shape index (κ2) is 3.70. The lowest BCUT2D eigenvalue weighted by atomic mass is 10.1. The van der Waals surface area contributed by atoms with Crippen LogP contribution in [0.2, 0.25) is 10.0 Å². The SMILES string of the molecule is O=Cc1ccc(Cl)c(C=O)c1Cl. The summed E-state index contributed by atoms with van der Waals surface area (Å²) in [6.45, 7) is 0. The van der Waals surface area contributed by atoms with Crippen LogP contribution in [-0.2, 0) is 0 Å². The number of carbonyl (C=O) groups is 2. The number of hydrogen-bond acceptors (Lipinski definition) is 2. The Hall–Kier alpha value is -0.860. The highest BCUT2D eigenvalue weighted by atomic mass is 35.5. The van der Waals surface area contributed by atoms with Crippen LogP contribution >= 0.6 is 23.2 Å². The second-order valence-corrected chi connectivity index (χ2v) is 2.89. The van der Waals surface area contributed by atoms with Gasteiger partial charge in [-0.3, -0.25) is 9.59 Å². The minimum Gasteiger partial charge on any atom is -0.298 e. The molecule has 0 atom stereocenters. The number of benzene rings is 1. The Labute approximate surface area is 79.1 Å². The van der Waals surface area contributed by atoms with Gasteiger partial charge in [-0.25, -0.2) is 0 Å². The number of hydrogen-bond donors (Lipinski definition) is 0. The van der Waals surface area contributed by atoms with Crippen molar-refractivity contribution in [1.29, 1.82) is 0 Å². The Morgan fingerprint density at radius 1 is 1.08 bits per heavy atom. The van der Waals surface area contributed by atoms with E-state index in [2.05, 4.69) is 0 Å². The highest BCUT2D eigenvalue weighted by Gasteiger charge is 2.08. The fourth-order valence-corrected chi connectivity index (χ4v) is 1.29. The molecule has 0 aliphatic carbocycles. The predicted molar refractivity (Wildman–Crippen MR) is 47.2 cm³/mol. The van der Waals surface area contributed by atoms with Gasteiger partial charge in [0.2, 0.25) is 0 Å². The van der Waals surface area contributed by atoms with E-state index in [1.54, 1.807) is 0 Å². The predicted octanol–water partition coefficient (Wildman–Crippen LogP) is 2.62. The third kappa shape index (κ3) is 1.49. The monoisotopic (exact) mass is 202 g/mol. The molecule has 0 saturated carbocycles. The van der Waals surface area contributed by atoms with Crippen molar-refractivity contribution in [2.24, 2.45) is 0 Å². The van der Waals surface area contributed by atoms with Crippen molar-refractivity contribution in [2.75, 3.05) is 0 Å². The average Bonchev–Trinajstić information content (AvgIpc) is 2.06. The Morgan fingerprint density at radius 3 is 2.25 bits per heavy atom. The Morgan fingerprint density at radius 2 is 1.75 bits per heavy atom. The summed E-state index contributed by atoms with van der Waals surface area (Å²) in [7, 11) is 0. The highest BCUT2D eigenvalue weighted by molar-refractivity contribution is 6.39. The molecule has 12 heavy (non-hydrogen) atoms. The molecule has 62 valence electrons. The number of rotatable bonds is 2. The van der Waals surface area contributed by atoms with Gasteiger partial charge in [0.25, 0.3) is 0 Å². The van der Waals surface area contributed by atoms with E-state index >= 15 is 0 Å². The first kappa shape index (κ1) is 9.23. The summed E-state index contributed by atoms with van der Waals surface area (Å²) >= 11 is 11.3. The summed E-state index contributed by atoms with van der Waals surface area (Å²) in [5.41, 5.74) is 0.422. The van der Waals surface area contributed by atoms with Crippen molar-refractivity contribution in [1.82, 2.24) is 0 Å². The van der Waals surface area contributed by atoms with E-state index in [-0.39, 0.29) is 21.2 Å². The molecule has 0 N–H and O–H groups in total. The van der Waals surface area contributed by atoms with Gasteiger partial charge in [-0.2, -0.15) is 0 Å². The molecule has 2 nitrogen and oxygen atoms in total. The van der Waals surface area contributed by atoms with Crippen LogP contribution in [0.1, 0.15) is 20.7 Å². The zero-order valence-corrected chi connectivity index (χ0v) is 7.39. The summed E-state index contributed by atoms with van der Waals surface area (Å²) in [6.07, 6.45) is 1.10. The zero-order chi connectivity index (χ0) is 9.14. The minimum absolute atomic E-state index is 0.104. The molecular weight excluding hydrogens is 199 g/mol. The molecule has 0 spiro atoms. The summed E-state index contributed by atoms with van der Waals surface area (Å²) in [5, 5.41) is 0.355. The van der Waals surface area contributed by atoms with Crippen LogP contribution in [0, 0.1) is 0 Å². The van der Waals surface area contributed by atoms with Crippen LogP contribution in [0.25, 0.3) is 0 Å². The fourth-order valence-electron chi connectivity index (χ4n) is 0.785. The maximum Gasteiger partial charge on any atom is 0.153 e. The molecule has 0 saturated heterocycles. The van der Waals surface area contributed by atoms with Crippen molar-refractivity contribution in [2.45, 2.75) is 0 Å². The van der Waals surface area contributed by atoms with Gasteiger partial charge in [0.1, 0.15) is 0 Å². The molecule has 0 aliphatic rings.